The lowest BCUT2D eigenvalue weighted by molar-refractivity contribution is 0.102. The van der Waals surface area contributed by atoms with Gasteiger partial charge < -0.3 is 24.6 Å². The van der Waals surface area contributed by atoms with Crippen molar-refractivity contribution in [3.05, 3.63) is 48.0 Å². The monoisotopic (exact) mass is 381 g/mol. The zero-order valence-electron chi connectivity index (χ0n) is 16.3. The summed E-state index contributed by atoms with van der Waals surface area (Å²) in [5.74, 6) is 1.19. The van der Waals surface area contributed by atoms with Crippen molar-refractivity contribution in [1.29, 1.82) is 0 Å². The lowest BCUT2D eigenvalue weighted by Crippen LogP contribution is -2.44. The number of ether oxygens (including phenoxy) is 2. The average molecular weight is 381 g/mol. The molecule has 1 amide bonds. The lowest BCUT2D eigenvalue weighted by Gasteiger charge is -2.34. The van der Waals surface area contributed by atoms with Crippen LogP contribution in [0.1, 0.15) is 23.2 Å². The first kappa shape index (κ1) is 18.6. The quantitative estimate of drug-likeness (QED) is 0.885. The second-order valence-electron chi connectivity index (χ2n) is 7.36. The fourth-order valence-corrected chi connectivity index (χ4v) is 3.47. The Hall–Kier alpha value is -2.73. The normalized spacial score (nSPS) is 17.5. The molecule has 1 N–H and O–H groups in total. The van der Waals surface area contributed by atoms with Crippen LogP contribution in [-0.2, 0) is 0 Å². The number of fused-ring (bicyclic) bond motifs is 1. The highest BCUT2D eigenvalue weighted by molar-refractivity contribution is 6.04. The van der Waals surface area contributed by atoms with Gasteiger partial charge in [-0.15, -0.1) is 0 Å². The van der Waals surface area contributed by atoms with E-state index < -0.39 is 0 Å². The SMILES string of the molecule is CN1CCN(c2ccc(NC(=O)c3ccc4c(c3)OCCCCO4)cc2)CC1. The molecule has 2 aliphatic rings. The number of hydrogen-bond acceptors (Lipinski definition) is 5. The number of carbonyl (C=O) groups is 1. The molecular weight excluding hydrogens is 354 g/mol. The Labute approximate surface area is 166 Å². The fraction of sp³-hybridized carbons (Fsp3) is 0.409. The van der Waals surface area contributed by atoms with E-state index in [4.69, 9.17) is 9.47 Å². The van der Waals surface area contributed by atoms with Crippen LogP contribution >= 0.6 is 0 Å². The number of nitrogens with zero attached hydrogens (tertiary/aromatic N) is 2. The standard InChI is InChI=1S/C22H27N3O3/c1-24-10-12-25(13-11-24)19-7-5-18(6-8-19)23-22(26)17-4-9-20-21(16-17)28-15-3-2-14-27-20/h4-9,16H,2-3,10-15H2,1H3,(H,23,26). The molecule has 0 aliphatic carbocycles. The van der Waals surface area contributed by atoms with Crippen LogP contribution in [0.5, 0.6) is 11.5 Å². The maximum absolute atomic E-state index is 12.7. The molecule has 0 spiro atoms. The molecule has 148 valence electrons. The van der Waals surface area contributed by atoms with Crippen molar-refractivity contribution in [2.45, 2.75) is 12.8 Å². The van der Waals surface area contributed by atoms with Crippen molar-refractivity contribution in [3.8, 4) is 11.5 Å². The van der Waals surface area contributed by atoms with Crippen molar-refractivity contribution in [2.24, 2.45) is 0 Å². The molecule has 2 aliphatic heterocycles. The number of nitrogens with one attached hydrogen (secondary N) is 1. The maximum Gasteiger partial charge on any atom is 0.255 e. The number of piperazine rings is 1. The van der Waals surface area contributed by atoms with Gasteiger partial charge >= 0.3 is 0 Å². The smallest absolute Gasteiger partial charge is 0.255 e. The van der Waals surface area contributed by atoms with Crippen LogP contribution in [0.25, 0.3) is 0 Å². The number of amides is 1. The summed E-state index contributed by atoms with van der Waals surface area (Å²) in [5, 5.41) is 2.97. The van der Waals surface area contributed by atoms with Gasteiger partial charge in [-0.05, 0) is 62.4 Å². The second-order valence-corrected chi connectivity index (χ2v) is 7.36. The van der Waals surface area contributed by atoms with Gasteiger partial charge in [0.2, 0.25) is 0 Å². The Balaban J connectivity index is 1.41. The highest BCUT2D eigenvalue weighted by Crippen LogP contribution is 2.30. The van der Waals surface area contributed by atoms with E-state index in [1.165, 1.54) is 5.69 Å². The molecule has 4 rings (SSSR count). The van der Waals surface area contributed by atoms with Gasteiger partial charge in [0.15, 0.2) is 11.5 Å². The second kappa shape index (κ2) is 8.52. The first-order chi connectivity index (χ1) is 13.7. The molecule has 0 bridgehead atoms. The van der Waals surface area contributed by atoms with Crippen LogP contribution in [0.4, 0.5) is 11.4 Å². The summed E-state index contributed by atoms with van der Waals surface area (Å²) in [5.41, 5.74) is 2.54. The number of carbonyl (C=O) groups excluding carboxylic acids is 1. The van der Waals surface area contributed by atoms with Gasteiger partial charge in [0.1, 0.15) is 0 Å². The predicted octanol–water partition coefficient (Wildman–Crippen LogP) is 3.24. The first-order valence-electron chi connectivity index (χ1n) is 9.93. The van der Waals surface area contributed by atoms with Gasteiger partial charge in [0.25, 0.3) is 5.91 Å². The van der Waals surface area contributed by atoms with Crippen molar-refractivity contribution in [3.63, 3.8) is 0 Å². The van der Waals surface area contributed by atoms with Gasteiger partial charge in [-0.3, -0.25) is 4.79 Å². The molecule has 0 atom stereocenters. The van der Waals surface area contributed by atoms with E-state index >= 15 is 0 Å². The van der Waals surface area contributed by atoms with Gasteiger partial charge in [-0.25, -0.2) is 0 Å². The molecule has 2 aromatic rings. The molecule has 0 radical (unpaired) electrons. The van der Waals surface area contributed by atoms with Crippen molar-refractivity contribution < 1.29 is 14.3 Å². The van der Waals surface area contributed by atoms with Crippen LogP contribution in [0.3, 0.4) is 0 Å². The molecule has 0 saturated carbocycles. The molecule has 6 nitrogen and oxygen atoms in total. The Morgan fingerprint density at radius 1 is 0.893 bits per heavy atom. The zero-order valence-corrected chi connectivity index (χ0v) is 16.3. The van der Waals surface area contributed by atoms with E-state index in [2.05, 4.69) is 34.3 Å². The summed E-state index contributed by atoms with van der Waals surface area (Å²) in [7, 11) is 2.15. The van der Waals surface area contributed by atoms with Crippen molar-refractivity contribution >= 4 is 17.3 Å². The lowest BCUT2D eigenvalue weighted by atomic mass is 10.1. The highest BCUT2D eigenvalue weighted by atomic mass is 16.5. The van der Waals surface area contributed by atoms with Crippen LogP contribution in [0.2, 0.25) is 0 Å². The molecular formula is C22H27N3O3. The summed E-state index contributed by atoms with van der Waals surface area (Å²) in [4.78, 5) is 17.4. The topological polar surface area (TPSA) is 54.0 Å². The van der Waals surface area contributed by atoms with Crippen molar-refractivity contribution in [2.75, 3.05) is 56.7 Å². The minimum absolute atomic E-state index is 0.152. The Morgan fingerprint density at radius 3 is 2.29 bits per heavy atom. The maximum atomic E-state index is 12.7. The molecule has 0 aromatic heterocycles. The van der Waals surface area contributed by atoms with Gasteiger partial charge in [0, 0.05) is 43.1 Å². The minimum atomic E-state index is -0.152. The molecule has 2 aromatic carbocycles. The average Bonchev–Trinajstić information content (AvgIpc) is 2.69. The Kier molecular flexibility index (Phi) is 5.67. The van der Waals surface area contributed by atoms with Gasteiger partial charge in [-0.2, -0.15) is 0 Å². The largest absolute Gasteiger partial charge is 0.490 e. The Morgan fingerprint density at radius 2 is 1.57 bits per heavy atom. The summed E-state index contributed by atoms with van der Waals surface area (Å²) in [6, 6.07) is 13.4. The van der Waals surface area contributed by atoms with E-state index in [1.54, 1.807) is 12.1 Å². The molecule has 0 unspecified atom stereocenters. The van der Waals surface area contributed by atoms with E-state index in [0.29, 0.717) is 30.3 Å². The van der Waals surface area contributed by atoms with Crippen LogP contribution in [0, 0.1) is 0 Å². The van der Waals surface area contributed by atoms with E-state index in [-0.39, 0.29) is 5.91 Å². The zero-order chi connectivity index (χ0) is 19.3. The fourth-order valence-electron chi connectivity index (χ4n) is 3.47. The third-order valence-corrected chi connectivity index (χ3v) is 5.25. The number of hydrogen-bond donors (Lipinski definition) is 1. The van der Waals surface area contributed by atoms with Gasteiger partial charge in [-0.1, -0.05) is 0 Å². The third-order valence-electron chi connectivity index (χ3n) is 5.25. The van der Waals surface area contributed by atoms with E-state index in [1.807, 2.05) is 18.2 Å². The summed E-state index contributed by atoms with van der Waals surface area (Å²) < 4.78 is 11.4. The minimum Gasteiger partial charge on any atom is -0.490 e. The molecule has 1 saturated heterocycles. The van der Waals surface area contributed by atoms with Crippen LogP contribution in [0.15, 0.2) is 42.5 Å². The number of benzene rings is 2. The van der Waals surface area contributed by atoms with Gasteiger partial charge in [0.05, 0.1) is 13.2 Å². The first-order valence-corrected chi connectivity index (χ1v) is 9.93. The predicted molar refractivity (Wildman–Crippen MR) is 111 cm³/mol. The van der Waals surface area contributed by atoms with Crippen molar-refractivity contribution in [1.82, 2.24) is 4.90 Å². The summed E-state index contributed by atoms with van der Waals surface area (Å²) >= 11 is 0. The molecule has 6 heteroatoms. The summed E-state index contributed by atoms with van der Waals surface area (Å²) in [6.07, 6.45) is 1.93. The summed E-state index contributed by atoms with van der Waals surface area (Å²) in [6.45, 7) is 5.53. The highest BCUT2D eigenvalue weighted by Gasteiger charge is 2.16. The van der Waals surface area contributed by atoms with E-state index in [9.17, 15) is 4.79 Å². The third kappa shape index (κ3) is 4.39. The molecule has 1 fully saturated rings. The molecule has 28 heavy (non-hydrogen) atoms. The Bertz CT molecular complexity index is 814. The van der Waals surface area contributed by atoms with Crippen LogP contribution in [-0.4, -0.2) is 57.2 Å². The number of rotatable bonds is 3. The number of likely N-dealkylation sites (N-methyl/N-ethyl adjacent to an activating group) is 1. The molecule has 2 heterocycles. The van der Waals surface area contributed by atoms with E-state index in [0.717, 1.165) is 44.7 Å². The van der Waals surface area contributed by atoms with Crippen LogP contribution < -0.4 is 19.7 Å². The number of anilines is 2.